The van der Waals surface area contributed by atoms with Crippen molar-refractivity contribution in [2.45, 2.75) is 157 Å². The summed E-state index contributed by atoms with van der Waals surface area (Å²) in [4.78, 5) is 7.58. The lowest BCUT2D eigenvalue weighted by Crippen LogP contribution is -2.60. The molecule has 2 aliphatic rings. The van der Waals surface area contributed by atoms with Crippen molar-refractivity contribution in [3.8, 4) is 5.69 Å². The number of hydrogen-bond acceptors (Lipinski definition) is 5. The van der Waals surface area contributed by atoms with Crippen molar-refractivity contribution in [3.63, 3.8) is 0 Å². The number of aromatic nitrogens is 1. The molecule has 0 fully saturated rings. The van der Waals surface area contributed by atoms with Crippen LogP contribution in [0, 0.1) is 0 Å². The molecule has 466 valence electrons. The summed E-state index contributed by atoms with van der Waals surface area (Å²) < 4.78 is 12.8. The fourth-order valence-electron chi connectivity index (χ4n) is 14.7. The van der Waals surface area contributed by atoms with Gasteiger partial charge in [0.1, 0.15) is 5.58 Å². The molecule has 10 aromatic carbocycles. The minimum absolute atomic E-state index is 0.0136. The molecule has 0 aliphatic carbocycles. The molecule has 0 unspecified atom stereocenters. The van der Waals surface area contributed by atoms with Gasteiger partial charge in [0.25, 0.3) is 6.71 Å². The van der Waals surface area contributed by atoms with Crippen LogP contribution < -0.4 is 31.1 Å². The predicted octanol–water partition coefficient (Wildman–Crippen LogP) is 23.2. The van der Waals surface area contributed by atoms with Crippen LogP contribution in [0.15, 0.2) is 205 Å². The van der Waals surface area contributed by atoms with Gasteiger partial charge >= 0.3 is 0 Å². The number of benzene rings is 10. The van der Waals surface area contributed by atoms with E-state index >= 15 is 0 Å². The molecule has 5 nitrogen and oxygen atoms in total. The van der Waals surface area contributed by atoms with Gasteiger partial charge in [-0.25, -0.2) is 0 Å². The van der Waals surface area contributed by atoms with Crippen molar-refractivity contribution in [3.05, 3.63) is 234 Å². The highest BCUT2D eigenvalue weighted by molar-refractivity contribution is 7.26. The van der Waals surface area contributed by atoms with E-state index in [1.165, 1.54) is 86.7 Å². The quantitative estimate of drug-likeness (QED) is 0.149. The summed E-state index contributed by atoms with van der Waals surface area (Å²) in [7, 11) is 0. The first-order valence-corrected chi connectivity index (χ1v) is 34.3. The van der Waals surface area contributed by atoms with Gasteiger partial charge in [0.05, 0.1) is 27.1 Å². The molecular formula is C86H87BN4OS. The minimum Gasteiger partial charge on any atom is -0.454 e. The van der Waals surface area contributed by atoms with Crippen LogP contribution in [0.25, 0.3) is 58.8 Å². The Labute approximate surface area is 555 Å². The van der Waals surface area contributed by atoms with Gasteiger partial charge in [-0.1, -0.05) is 228 Å². The predicted molar refractivity (Wildman–Crippen MR) is 404 cm³/mol. The smallest absolute Gasteiger partial charge is 0.252 e. The summed E-state index contributed by atoms with van der Waals surface area (Å²) in [6.45, 7) is 41.5. The third-order valence-corrected chi connectivity index (χ3v) is 21.3. The van der Waals surface area contributed by atoms with Crippen molar-refractivity contribution in [1.29, 1.82) is 0 Å². The lowest BCUT2D eigenvalue weighted by Gasteiger charge is -2.42. The highest BCUT2D eigenvalue weighted by Gasteiger charge is 2.45. The summed E-state index contributed by atoms with van der Waals surface area (Å²) in [6, 6.07) is 77.5. The van der Waals surface area contributed by atoms with E-state index in [0.717, 1.165) is 73.1 Å². The van der Waals surface area contributed by atoms with Gasteiger partial charge < -0.3 is 23.7 Å². The van der Waals surface area contributed by atoms with Crippen LogP contribution >= 0.6 is 11.3 Å². The van der Waals surface area contributed by atoms with Crippen LogP contribution in [0.3, 0.4) is 0 Å². The minimum atomic E-state index is -0.155. The molecule has 3 aromatic heterocycles. The van der Waals surface area contributed by atoms with E-state index in [2.05, 4.69) is 344 Å². The largest absolute Gasteiger partial charge is 0.454 e. The molecule has 93 heavy (non-hydrogen) atoms. The van der Waals surface area contributed by atoms with Crippen LogP contribution in [-0.2, 0) is 32.5 Å². The molecule has 15 rings (SSSR count). The number of hydrogen-bond donors (Lipinski definition) is 0. The van der Waals surface area contributed by atoms with Crippen LogP contribution in [0.4, 0.5) is 51.2 Å². The van der Waals surface area contributed by atoms with Crippen LogP contribution in [0.1, 0.15) is 158 Å². The van der Waals surface area contributed by atoms with Crippen molar-refractivity contribution >= 4 is 139 Å². The number of rotatable bonds is 7. The van der Waals surface area contributed by atoms with E-state index in [0.29, 0.717) is 0 Å². The van der Waals surface area contributed by atoms with E-state index in [1.807, 2.05) is 11.3 Å². The monoisotopic (exact) mass is 1230 g/mol. The maximum absolute atomic E-state index is 7.46. The van der Waals surface area contributed by atoms with Crippen molar-refractivity contribution < 1.29 is 4.42 Å². The summed E-state index contributed by atoms with van der Waals surface area (Å²) in [6.07, 6.45) is 0. The lowest BCUT2D eigenvalue weighted by molar-refractivity contribution is 0.587. The summed E-state index contributed by atoms with van der Waals surface area (Å²) in [5.41, 5.74) is 26.5. The molecule has 0 bridgehead atoms. The Balaban J connectivity index is 1.10. The second kappa shape index (κ2) is 20.9. The van der Waals surface area contributed by atoms with E-state index in [1.54, 1.807) is 0 Å². The topological polar surface area (TPSA) is 27.8 Å². The van der Waals surface area contributed by atoms with E-state index in [-0.39, 0.29) is 39.2 Å². The van der Waals surface area contributed by atoms with Gasteiger partial charge in [-0.15, -0.1) is 11.3 Å². The highest BCUT2D eigenvalue weighted by Crippen LogP contribution is 2.52. The first kappa shape index (κ1) is 60.5. The van der Waals surface area contributed by atoms with Crippen molar-refractivity contribution in [1.82, 2.24) is 4.57 Å². The summed E-state index contributed by atoms with van der Waals surface area (Å²) in [5.74, 6) is 0. The molecule has 0 spiro atoms. The fraction of sp³-hybridized carbons (Fsp3) is 0.279. The SMILES string of the molecule is CC(C)(C)c1ccc(N(c2ccc(C(C)(C)C)cc2)c2ccc3c(c2)N(c2cccc4c2oc2cc(C(C)(C)C)ccc24)c2cc(N(c4ccc(C(C)(C)C)cc4)c4ccc(C(C)(C)C)cc4)cc4c2B3c2cc(C(C)(C)C)cc3c5sc6ccccc6c5n-4c23)cc1. The molecular weight excluding hydrogens is 1150 g/mol. The van der Waals surface area contributed by atoms with Gasteiger partial charge in [0.2, 0.25) is 0 Å². The average Bonchev–Trinajstić information content (AvgIpc) is 1.61. The van der Waals surface area contributed by atoms with E-state index in [9.17, 15) is 0 Å². The molecule has 0 radical (unpaired) electrons. The Kier molecular flexibility index (Phi) is 13.6. The summed E-state index contributed by atoms with van der Waals surface area (Å²) in [5, 5.41) is 4.78. The third kappa shape index (κ3) is 10.0. The van der Waals surface area contributed by atoms with E-state index < -0.39 is 0 Å². The maximum Gasteiger partial charge on any atom is 0.252 e. The second-order valence-electron chi connectivity index (χ2n) is 32.8. The molecule has 5 heterocycles. The first-order valence-electron chi connectivity index (χ1n) is 33.5. The molecule has 0 atom stereocenters. The molecule has 7 heteroatoms. The van der Waals surface area contributed by atoms with Gasteiger partial charge in [-0.3, -0.25) is 0 Å². The zero-order valence-electron chi connectivity index (χ0n) is 57.7. The Bertz CT molecular complexity index is 5020. The second-order valence-corrected chi connectivity index (χ2v) is 33.9. The maximum atomic E-state index is 7.46. The zero-order valence-corrected chi connectivity index (χ0v) is 58.6. The van der Waals surface area contributed by atoms with Gasteiger partial charge in [0.15, 0.2) is 5.58 Å². The van der Waals surface area contributed by atoms with Crippen LogP contribution in [0.2, 0.25) is 0 Å². The Hall–Kier alpha value is -8.78. The molecule has 0 saturated carbocycles. The molecule has 0 N–H and O–H groups in total. The number of anilines is 9. The Morgan fingerprint density at radius 2 is 0.796 bits per heavy atom. The standard InChI is InChI=1S/C86H87BN4OS/c1-81(2,3)52-26-35-58(36-27-52)88(59-37-28-53(29-38-59)82(4,5)6)62-43-45-68-71(49-62)90(70-24-21-23-65-64-44-34-56(85(13,14)15)48-74(64)92-79(65)70)72-50-63(89(60-39-30-54(31-40-60)83(7,8)9)61-41-32-55(33-42-61)84(10,11)12)51-73-76(72)87(68)69-47-57(86(16,17)18)46-67-77(69)91(73)78-66-22-19-20-25-75(66)93-80(67)78/h19-51H,1-18H3. The highest BCUT2D eigenvalue weighted by atomic mass is 32.1. The van der Waals surface area contributed by atoms with Crippen molar-refractivity contribution in [2.24, 2.45) is 0 Å². The normalized spacial score (nSPS) is 13.7. The average molecular weight is 1240 g/mol. The number of para-hydroxylation sites is 1. The first-order chi connectivity index (χ1) is 43.9. The molecule has 0 saturated heterocycles. The Morgan fingerprint density at radius 3 is 1.32 bits per heavy atom. The third-order valence-electron chi connectivity index (χ3n) is 20.1. The fourth-order valence-corrected chi connectivity index (χ4v) is 15.9. The van der Waals surface area contributed by atoms with E-state index in [4.69, 9.17) is 4.42 Å². The Morgan fingerprint density at radius 1 is 0.333 bits per heavy atom. The molecule has 2 aliphatic heterocycles. The number of fused-ring (bicyclic) bond motifs is 12. The van der Waals surface area contributed by atoms with Crippen LogP contribution in [-0.4, -0.2) is 11.3 Å². The number of furan rings is 1. The van der Waals surface area contributed by atoms with Gasteiger partial charge in [-0.05, 0) is 179 Å². The molecule has 0 amide bonds. The van der Waals surface area contributed by atoms with Crippen LogP contribution in [0.5, 0.6) is 0 Å². The lowest BCUT2D eigenvalue weighted by atomic mass is 9.33. The van der Waals surface area contributed by atoms with Crippen molar-refractivity contribution in [2.75, 3.05) is 14.7 Å². The zero-order chi connectivity index (χ0) is 65.4. The van der Waals surface area contributed by atoms with Gasteiger partial charge in [0, 0.05) is 71.7 Å². The summed E-state index contributed by atoms with van der Waals surface area (Å²) >= 11 is 1.93. The number of thiophene rings is 1. The van der Waals surface area contributed by atoms with Gasteiger partial charge in [-0.2, -0.15) is 0 Å². The number of nitrogens with zero attached hydrogens (tertiary/aromatic N) is 4. The molecule has 13 aromatic rings.